The van der Waals surface area contributed by atoms with E-state index >= 15 is 0 Å². The fourth-order valence-corrected chi connectivity index (χ4v) is 3.27. The van der Waals surface area contributed by atoms with Gasteiger partial charge in [-0.3, -0.25) is 9.59 Å². The lowest BCUT2D eigenvalue weighted by Crippen LogP contribution is -2.13. The molecule has 0 aliphatic rings. The van der Waals surface area contributed by atoms with Crippen molar-refractivity contribution in [1.82, 2.24) is 0 Å². The van der Waals surface area contributed by atoms with Gasteiger partial charge in [-0.25, -0.2) is 4.39 Å². The number of hydrogen-bond donors (Lipinski definition) is 1. The Morgan fingerprint density at radius 1 is 0.926 bits per heavy atom. The maximum absolute atomic E-state index is 13.6. The number of carbonyl (C=O) groups is 2. The highest BCUT2D eigenvalue weighted by atomic mass is 35.5. The molecule has 0 aliphatic heterocycles. The van der Waals surface area contributed by atoms with Crippen molar-refractivity contribution in [2.24, 2.45) is 0 Å². The molecule has 0 unspecified atom stereocenters. The van der Waals surface area contributed by atoms with Crippen molar-refractivity contribution < 1.29 is 14.0 Å². The van der Waals surface area contributed by atoms with E-state index in [1.807, 2.05) is 0 Å². The molecule has 1 N–H and O–H groups in total. The van der Waals surface area contributed by atoms with Crippen LogP contribution in [0.1, 0.15) is 20.7 Å². The van der Waals surface area contributed by atoms with Gasteiger partial charge in [0.1, 0.15) is 5.82 Å². The fraction of sp³-hybridized carbons (Fsp3) is 0.0476. The minimum Gasteiger partial charge on any atom is -0.322 e. The Balaban J connectivity index is 1.57. The third-order valence-electron chi connectivity index (χ3n) is 3.77. The molecular formula is C21H15ClFNO2S. The quantitative estimate of drug-likeness (QED) is 0.426. The Kier molecular flexibility index (Phi) is 6.27. The first-order valence-corrected chi connectivity index (χ1v) is 9.47. The molecule has 27 heavy (non-hydrogen) atoms. The van der Waals surface area contributed by atoms with Crippen molar-refractivity contribution in [3.8, 4) is 0 Å². The Labute approximate surface area is 165 Å². The molecule has 0 aromatic heterocycles. The minimum atomic E-state index is -0.567. The van der Waals surface area contributed by atoms with Crippen molar-refractivity contribution in [1.29, 1.82) is 0 Å². The molecule has 3 nitrogen and oxygen atoms in total. The van der Waals surface area contributed by atoms with Crippen LogP contribution in [0.15, 0.2) is 77.7 Å². The molecule has 0 saturated heterocycles. The summed E-state index contributed by atoms with van der Waals surface area (Å²) in [5.41, 5.74) is 1.15. The molecule has 3 rings (SSSR count). The second-order valence-corrected chi connectivity index (χ2v) is 7.16. The number of anilines is 1. The van der Waals surface area contributed by atoms with E-state index in [-0.39, 0.29) is 11.3 Å². The Bertz CT molecular complexity index is 959. The smallest absolute Gasteiger partial charge is 0.258 e. The van der Waals surface area contributed by atoms with Gasteiger partial charge in [-0.05, 0) is 60.7 Å². The summed E-state index contributed by atoms with van der Waals surface area (Å²) in [6, 6.07) is 19.6. The first-order valence-electron chi connectivity index (χ1n) is 8.10. The van der Waals surface area contributed by atoms with Gasteiger partial charge < -0.3 is 5.32 Å². The summed E-state index contributed by atoms with van der Waals surface area (Å²) in [6.07, 6.45) is 0. The normalized spacial score (nSPS) is 10.4. The van der Waals surface area contributed by atoms with Crippen molar-refractivity contribution in [3.63, 3.8) is 0 Å². The van der Waals surface area contributed by atoms with Crippen LogP contribution >= 0.6 is 23.4 Å². The number of amides is 1. The van der Waals surface area contributed by atoms with Crippen molar-refractivity contribution in [2.45, 2.75) is 4.90 Å². The standard InChI is InChI=1S/C21H15ClFNO2S/c22-15-7-5-14(6-8-15)20(25)13-27-17-11-9-16(10-12-17)24-21(26)18-3-1-2-4-19(18)23/h1-12H,13H2,(H,24,26). The predicted octanol–water partition coefficient (Wildman–Crippen LogP) is 5.71. The van der Waals surface area contributed by atoms with Gasteiger partial charge in [0.2, 0.25) is 0 Å². The van der Waals surface area contributed by atoms with E-state index in [2.05, 4.69) is 5.32 Å². The lowest BCUT2D eigenvalue weighted by molar-refractivity contribution is 0.101. The first kappa shape index (κ1) is 19.1. The highest BCUT2D eigenvalue weighted by Crippen LogP contribution is 2.22. The molecule has 0 saturated carbocycles. The van der Waals surface area contributed by atoms with Gasteiger partial charge in [0.25, 0.3) is 5.91 Å². The minimum absolute atomic E-state index is 0.00796. The number of halogens is 2. The fourth-order valence-electron chi connectivity index (χ4n) is 2.35. The number of Topliss-reactive ketones (excluding diaryl/α,β-unsaturated/α-hetero) is 1. The van der Waals surface area contributed by atoms with Gasteiger partial charge in [0.05, 0.1) is 11.3 Å². The third-order valence-corrected chi connectivity index (χ3v) is 5.03. The number of benzene rings is 3. The number of thioether (sulfide) groups is 1. The van der Waals surface area contributed by atoms with E-state index in [0.29, 0.717) is 22.0 Å². The molecule has 0 heterocycles. The highest BCUT2D eigenvalue weighted by Gasteiger charge is 2.11. The van der Waals surface area contributed by atoms with Crippen LogP contribution in [-0.2, 0) is 0 Å². The molecule has 0 radical (unpaired) electrons. The topological polar surface area (TPSA) is 46.2 Å². The molecule has 3 aromatic rings. The molecule has 0 bridgehead atoms. The Hall–Kier alpha value is -2.63. The first-order chi connectivity index (χ1) is 13.0. The average molecular weight is 400 g/mol. The summed E-state index contributed by atoms with van der Waals surface area (Å²) in [6.45, 7) is 0. The summed E-state index contributed by atoms with van der Waals surface area (Å²) in [5.74, 6) is -0.773. The second kappa shape index (κ2) is 8.84. The lowest BCUT2D eigenvalue weighted by atomic mass is 10.1. The molecule has 1 amide bonds. The van der Waals surface area contributed by atoms with Crippen LogP contribution in [0.25, 0.3) is 0 Å². The van der Waals surface area contributed by atoms with E-state index in [0.717, 1.165) is 4.90 Å². The SMILES string of the molecule is O=C(CSc1ccc(NC(=O)c2ccccc2F)cc1)c1ccc(Cl)cc1. The highest BCUT2D eigenvalue weighted by molar-refractivity contribution is 8.00. The van der Waals surface area contributed by atoms with Crippen LogP contribution in [0, 0.1) is 5.82 Å². The molecule has 136 valence electrons. The summed E-state index contributed by atoms with van der Waals surface area (Å²) in [4.78, 5) is 25.2. The van der Waals surface area contributed by atoms with E-state index in [4.69, 9.17) is 11.6 Å². The van der Waals surface area contributed by atoms with Crippen LogP contribution in [0.5, 0.6) is 0 Å². The van der Waals surface area contributed by atoms with E-state index < -0.39 is 11.7 Å². The van der Waals surface area contributed by atoms with Gasteiger partial charge >= 0.3 is 0 Å². The molecule has 0 spiro atoms. The maximum atomic E-state index is 13.6. The average Bonchev–Trinajstić information content (AvgIpc) is 2.68. The number of carbonyl (C=O) groups excluding carboxylic acids is 2. The van der Waals surface area contributed by atoms with Crippen LogP contribution in [-0.4, -0.2) is 17.4 Å². The van der Waals surface area contributed by atoms with Gasteiger partial charge in [-0.2, -0.15) is 0 Å². The van der Waals surface area contributed by atoms with Crippen LogP contribution in [0.2, 0.25) is 5.02 Å². The number of nitrogens with one attached hydrogen (secondary N) is 1. The second-order valence-electron chi connectivity index (χ2n) is 5.68. The molecule has 0 atom stereocenters. The molecule has 0 aliphatic carbocycles. The zero-order valence-corrected chi connectivity index (χ0v) is 15.7. The Morgan fingerprint density at radius 3 is 2.26 bits per heavy atom. The Morgan fingerprint density at radius 2 is 1.59 bits per heavy atom. The summed E-state index contributed by atoms with van der Waals surface area (Å²) in [7, 11) is 0. The summed E-state index contributed by atoms with van der Waals surface area (Å²) in [5, 5.41) is 3.24. The third kappa shape index (κ3) is 5.18. The van der Waals surface area contributed by atoms with Gasteiger partial charge in [-0.1, -0.05) is 23.7 Å². The van der Waals surface area contributed by atoms with Crippen LogP contribution < -0.4 is 5.32 Å². The summed E-state index contributed by atoms with van der Waals surface area (Å²) < 4.78 is 13.6. The van der Waals surface area contributed by atoms with Crippen molar-refractivity contribution >= 4 is 40.7 Å². The molecule has 0 fully saturated rings. The van der Waals surface area contributed by atoms with E-state index in [1.54, 1.807) is 54.6 Å². The zero-order chi connectivity index (χ0) is 19.2. The van der Waals surface area contributed by atoms with E-state index in [9.17, 15) is 14.0 Å². The largest absolute Gasteiger partial charge is 0.322 e. The van der Waals surface area contributed by atoms with Crippen LogP contribution in [0.3, 0.4) is 0 Å². The van der Waals surface area contributed by atoms with Crippen molar-refractivity contribution in [2.75, 3.05) is 11.1 Å². The van der Waals surface area contributed by atoms with Gasteiger partial charge in [-0.15, -0.1) is 11.8 Å². The molecule has 3 aromatic carbocycles. The monoisotopic (exact) mass is 399 g/mol. The van der Waals surface area contributed by atoms with Crippen LogP contribution in [0.4, 0.5) is 10.1 Å². The summed E-state index contributed by atoms with van der Waals surface area (Å²) >= 11 is 7.22. The van der Waals surface area contributed by atoms with Crippen molar-refractivity contribution in [3.05, 3.63) is 94.8 Å². The number of rotatable bonds is 6. The molecule has 6 heteroatoms. The maximum Gasteiger partial charge on any atom is 0.258 e. The zero-order valence-electron chi connectivity index (χ0n) is 14.1. The predicted molar refractivity (Wildman–Crippen MR) is 107 cm³/mol. The lowest BCUT2D eigenvalue weighted by Gasteiger charge is -2.07. The number of ketones is 1. The van der Waals surface area contributed by atoms with Gasteiger partial charge in [0, 0.05) is 21.2 Å². The molecular weight excluding hydrogens is 385 g/mol. The van der Waals surface area contributed by atoms with E-state index in [1.165, 1.54) is 30.0 Å². The van der Waals surface area contributed by atoms with Gasteiger partial charge in [0.15, 0.2) is 5.78 Å². The number of hydrogen-bond acceptors (Lipinski definition) is 3.